The molecule has 2 saturated heterocycles. The van der Waals surface area contributed by atoms with Gasteiger partial charge in [0.2, 0.25) is 5.91 Å². The maximum absolute atomic E-state index is 12.5. The number of benzene rings is 1. The number of amides is 1. The van der Waals surface area contributed by atoms with Crippen molar-refractivity contribution in [3.8, 4) is 0 Å². The van der Waals surface area contributed by atoms with Crippen LogP contribution in [0, 0.1) is 5.92 Å². The Balaban J connectivity index is 1.55. The van der Waals surface area contributed by atoms with E-state index in [2.05, 4.69) is 27.0 Å². The highest BCUT2D eigenvalue weighted by atomic mass is 16.3. The summed E-state index contributed by atoms with van der Waals surface area (Å²) in [6.07, 6.45) is 1.38. The van der Waals surface area contributed by atoms with Gasteiger partial charge in [0.05, 0.1) is 5.92 Å². The van der Waals surface area contributed by atoms with Gasteiger partial charge in [-0.1, -0.05) is 13.5 Å². The summed E-state index contributed by atoms with van der Waals surface area (Å²) in [5.41, 5.74) is 2.57. The van der Waals surface area contributed by atoms with Crippen molar-refractivity contribution in [2.75, 3.05) is 49.5 Å². The maximum atomic E-state index is 12.5. The summed E-state index contributed by atoms with van der Waals surface area (Å²) in [6.45, 7) is 11.5. The van der Waals surface area contributed by atoms with Gasteiger partial charge in [-0.2, -0.15) is 0 Å². The van der Waals surface area contributed by atoms with Crippen molar-refractivity contribution in [1.29, 1.82) is 0 Å². The van der Waals surface area contributed by atoms with Crippen LogP contribution in [0.4, 0.5) is 11.4 Å². The Morgan fingerprint density at radius 2 is 1.77 bits per heavy atom. The molecule has 0 radical (unpaired) electrons. The standard InChI is InChI=1S/C20H30N4O2/c1-15(19(25)16(2)23-11-3-4-12-23)20(26)22-17-5-7-18(8-6-17)24-13-9-21-10-14-24/h5-8,15,19,21,25H,2-4,9-14H2,1H3,(H,22,26)/t15-,19-/m1/s1. The second kappa shape index (κ2) is 8.56. The summed E-state index contributed by atoms with van der Waals surface area (Å²) >= 11 is 0. The van der Waals surface area contributed by atoms with Gasteiger partial charge in [0.1, 0.15) is 6.10 Å². The fourth-order valence-electron chi connectivity index (χ4n) is 3.56. The number of aliphatic hydroxyl groups is 1. The van der Waals surface area contributed by atoms with Crippen LogP contribution in [0.5, 0.6) is 0 Å². The Labute approximate surface area is 155 Å². The molecular formula is C20H30N4O2. The fraction of sp³-hybridized carbons (Fsp3) is 0.550. The Hall–Kier alpha value is -2.05. The largest absolute Gasteiger partial charge is 0.386 e. The SMILES string of the molecule is C=C([C@H](O)[C@@H](C)C(=O)Nc1ccc(N2CCNCC2)cc1)N1CCCC1. The summed E-state index contributed by atoms with van der Waals surface area (Å²) < 4.78 is 0. The van der Waals surface area contributed by atoms with Crippen LogP contribution in [-0.2, 0) is 4.79 Å². The van der Waals surface area contributed by atoms with Gasteiger partial charge >= 0.3 is 0 Å². The fourth-order valence-corrected chi connectivity index (χ4v) is 3.56. The monoisotopic (exact) mass is 358 g/mol. The van der Waals surface area contributed by atoms with Gasteiger partial charge in [-0.25, -0.2) is 0 Å². The molecule has 0 aliphatic carbocycles. The molecule has 0 unspecified atom stereocenters. The second-order valence-electron chi connectivity index (χ2n) is 7.19. The molecular weight excluding hydrogens is 328 g/mol. The first kappa shape index (κ1) is 18.7. The molecule has 2 aliphatic heterocycles. The summed E-state index contributed by atoms with van der Waals surface area (Å²) in [4.78, 5) is 16.9. The molecule has 1 amide bonds. The van der Waals surface area contributed by atoms with Crippen molar-refractivity contribution >= 4 is 17.3 Å². The molecule has 6 nitrogen and oxygen atoms in total. The van der Waals surface area contributed by atoms with Gasteiger partial charge in [0.15, 0.2) is 0 Å². The number of nitrogens with zero attached hydrogens (tertiary/aromatic N) is 2. The molecule has 6 heteroatoms. The topological polar surface area (TPSA) is 67.8 Å². The van der Waals surface area contributed by atoms with Crippen molar-refractivity contribution < 1.29 is 9.90 Å². The van der Waals surface area contributed by atoms with Crippen molar-refractivity contribution in [1.82, 2.24) is 10.2 Å². The molecule has 0 aromatic heterocycles. The molecule has 0 spiro atoms. The Kier molecular flexibility index (Phi) is 6.16. The number of carbonyl (C=O) groups is 1. The quantitative estimate of drug-likeness (QED) is 0.721. The van der Waals surface area contributed by atoms with Crippen LogP contribution in [0.25, 0.3) is 0 Å². The van der Waals surface area contributed by atoms with Gasteiger partial charge in [-0.05, 0) is 37.1 Å². The van der Waals surface area contributed by atoms with Crippen LogP contribution >= 0.6 is 0 Å². The highest BCUT2D eigenvalue weighted by molar-refractivity contribution is 5.93. The van der Waals surface area contributed by atoms with Crippen molar-refractivity contribution in [3.63, 3.8) is 0 Å². The second-order valence-corrected chi connectivity index (χ2v) is 7.19. The third-order valence-corrected chi connectivity index (χ3v) is 5.36. The number of likely N-dealkylation sites (tertiary alicyclic amines) is 1. The van der Waals surface area contributed by atoms with Crippen molar-refractivity contribution in [2.45, 2.75) is 25.9 Å². The van der Waals surface area contributed by atoms with E-state index >= 15 is 0 Å². The number of aliphatic hydroxyl groups excluding tert-OH is 1. The summed E-state index contributed by atoms with van der Waals surface area (Å²) in [6, 6.07) is 7.91. The normalized spacial score (nSPS) is 19.9. The molecule has 1 aromatic rings. The molecule has 2 heterocycles. The number of nitrogens with one attached hydrogen (secondary N) is 2. The Morgan fingerprint density at radius 1 is 1.15 bits per heavy atom. The van der Waals surface area contributed by atoms with Crippen LogP contribution < -0.4 is 15.5 Å². The van der Waals surface area contributed by atoms with E-state index in [0.717, 1.165) is 57.8 Å². The third kappa shape index (κ3) is 4.37. The Bertz CT molecular complexity index is 619. The van der Waals surface area contributed by atoms with E-state index < -0.39 is 12.0 Å². The molecule has 26 heavy (non-hydrogen) atoms. The number of hydrogen-bond acceptors (Lipinski definition) is 5. The molecule has 2 atom stereocenters. The minimum atomic E-state index is -0.853. The van der Waals surface area contributed by atoms with Crippen LogP contribution in [0.15, 0.2) is 36.5 Å². The first-order valence-corrected chi connectivity index (χ1v) is 9.54. The molecule has 0 bridgehead atoms. The zero-order valence-electron chi connectivity index (χ0n) is 15.6. The third-order valence-electron chi connectivity index (χ3n) is 5.36. The van der Waals surface area contributed by atoms with Gasteiger partial charge in [0, 0.05) is 56.3 Å². The van der Waals surface area contributed by atoms with E-state index in [1.54, 1.807) is 6.92 Å². The highest BCUT2D eigenvalue weighted by Crippen LogP contribution is 2.22. The zero-order chi connectivity index (χ0) is 18.5. The molecule has 142 valence electrons. The van der Waals surface area contributed by atoms with E-state index in [9.17, 15) is 9.90 Å². The smallest absolute Gasteiger partial charge is 0.230 e. The lowest BCUT2D eigenvalue weighted by atomic mass is 10.0. The van der Waals surface area contributed by atoms with E-state index in [-0.39, 0.29) is 5.91 Å². The maximum Gasteiger partial charge on any atom is 0.230 e. The summed E-state index contributed by atoms with van der Waals surface area (Å²) in [7, 11) is 0. The average Bonchev–Trinajstić information content (AvgIpc) is 3.22. The van der Waals surface area contributed by atoms with E-state index in [1.165, 1.54) is 5.69 Å². The number of anilines is 2. The molecule has 3 N–H and O–H groups in total. The van der Waals surface area contributed by atoms with Crippen LogP contribution in [0.3, 0.4) is 0 Å². The van der Waals surface area contributed by atoms with Gasteiger partial charge in [-0.15, -0.1) is 0 Å². The van der Waals surface area contributed by atoms with Crippen molar-refractivity contribution in [3.05, 3.63) is 36.5 Å². The predicted octanol–water partition coefficient (Wildman–Crippen LogP) is 1.64. The number of carbonyl (C=O) groups excluding carboxylic acids is 1. The van der Waals surface area contributed by atoms with E-state index in [1.807, 2.05) is 24.3 Å². The average molecular weight is 358 g/mol. The van der Waals surface area contributed by atoms with Crippen molar-refractivity contribution in [2.24, 2.45) is 5.92 Å². The predicted molar refractivity (Wildman–Crippen MR) is 105 cm³/mol. The number of piperazine rings is 1. The highest BCUT2D eigenvalue weighted by Gasteiger charge is 2.28. The molecule has 2 fully saturated rings. The van der Waals surface area contributed by atoms with E-state index in [0.29, 0.717) is 5.70 Å². The lowest BCUT2D eigenvalue weighted by molar-refractivity contribution is -0.122. The van der Waals surface area contributed by atoms with Crippen LogP contribution in [0.2, 0.25) is 0 Å². The molecule has 2 aliphatic rings. The molecule has 0 saturated carbocycles. The van der Waals surface area contributed by atoms with Gasteiger partial charge in [-0.3, -0.25) is 4.79 Å². The first-order valence-electron chi connectivity index (χ1n) is 9.54. The van der Waals surface area contributed by atoms with Gasteiger partial charge < -0.3 is 25.5 Å². The zero-order valence-corrected chi connectivity index (χ0v) is 15.6. The molecule has 3 rings (SSSR count). The van der Waals surface area contributed by atoms with Crippen LogP contribution in [-0.4, -0.2) is 61.3 Å². The number of rotatable bonds is 6. The van der Waals surface area contributed by atoms with Gasteiger partial charge in [0.25, 0.3) is 0 Å². The Morgan fingerprint density at radius 3 is 2.38 bits per heavy atom. The molecule has 1 aromatic carbocycles. The number of hydrogen-bond donors (Lipinski definition) is 3. The lowest BCUT2D eigenvalue weighted by Crippen LogP contribution is -2.43. The minimum Gasteiger partial charge on any atom is -0.386 e. The lowest BCUT2D eigenvalue weighted by Gasteiger charge is -2.29. The summed E-state index contributed by atoms with van der Waals surface area (Å²) in [5.74, 6) is -0.733. The minimum absolute atomic E-state index is 0.187. The van der Waals surface area contributed by atoms with Crippen LogP contribution in [0.1, 0.15) is 19.8 Å². The van der Waals surface area contributed by atoms with E-state index in [4.69, 9.17) is 0 Å². The summed E-state index contributed by atoms with van der Waals surface area (Å²) in [5, 5.41) is 16.7. The first-order chi connectivity index (χ1) is 12.6.